The molecule has 0 rings (SSSR count). The molecule has 0 fully saturated rings. The minimum atomic E-state index is 0.575. The molecule has 0 aromatic carbocycles. The molecule has 0 spiro atoms. The Morgan fingerprint density at radius 2 is 1.62 bits per heavy atom. The molecule has 0 radical (unpaired) electrons. The number of nitrogens with one attached hydrogen (secondary N) is 1. The van der Waals surface area contributed by atoms with E-state index in [1.807, 2.05) is 0 Å². The number of hydrogen-bond acceptors (Lipinski definition) is 1. The van der Waals surface area contributed by atoms with Gasteiger partial charge in [-0.05, 0) is 31.2 Å². The van der Waals surface area contributed by atoms with Crippen LogP contribution in [-0.4, -0.2) is 13.1 Å². The van der Waals surface area contributed by atoms with Gasteiger partial charge >= 0.3 is 0 Å². The molecule has 0 unspecified atom stereocenters. The van der Waals surface area contributed by atoms with E-state index in [2.05, 4.69) is 33.0 Å². The van der Waals surface area contributed by atoms with Gasteiger partial charge in [0.1, 0.15) is 0 Å². The van der Waals surface area contributed by atoms with Gasteiger partial charge in [0.05, 0.1) is 0 Å². The van der Waals surface area contributed by atoms with Crippen LogP contribution in [0, 0.1) is 5.41 Å². The summed E-state index contributed by atoms with van der Waals surface area (Å²) in [4.78, 5) is 0. The fraction of sp³-hybridized carbons (Fsp3) is 1.00. The van der Waals surface area contributed by atoms with Gasteiger partial charge in [0.15, 0.2) is 0 Å². The Morgan fingerprint density at radius 3 is 2.00 bits per heavy atom. The fourth-order valence-corrected chi connectivity index (χ4v) is 1.88. The van der Waals surface area contributed by atoms with Crippen LogP contribution in [0.3, 0.4) is 0 Å². The third-order valence-corrected chi connectivity index (χ3v) is 3.31. The van der Waals surface area contributed by atoms with Crippen molar-refractivity contribution >= 4 is 0 Å². The molecule has 0 aliphatic heterocycles. The summed E-state index contributed by atoms with van der Waals surface area (Å²) in [5, 5.41) is 3.50. The van der Waals surface area contributed by atoms with Crippen LogP contribution in [0.25, 0.3) is 0 Å². The highest BCUT2D eigenvalue weighted by Crippen LogP contribution is 2.31. The summed E-state index contributed by atoms with van der Waals surface area (Å²) >= 11 is 0. The second-order valence-corrected chi connectivity index (χ2v) is 4.09. The molecule has 0 aliphatic rings. The van der Waals surface area contributed by atoms with E-state index in [-0.39, 0.29) is 0 Å². The Hall–Kier alpha value is -0.0400. The second kappa shape index (κ2) is 7.37. The van der Waals surface area contributed by atoms with Crippen LogP contribution in [0.5, 0.6) is 0 Å². The molecule has 0 amide bonds. The van der Waals surface area contributed by atoms with Gasteiger partial charge in [0.2, 0.25) is 0 Å². The second-order valence-electron chi connectivity index (χ2n) is 4.09. The lowest BCUT2D eigenvalue weighted by Crippen LogP contribution is -2.33. The van der Waals surface area contributed by atoms with Crippen LogP contribution in [0.1, 0.15) is 59.8 Å². The molecule has 0 saturated heterocycles. The van der Waals surface area contributed by atoms with Crippen LogP contribution >= 0.6 is 0 Å². The van der Waals surface area contributed by atoms with Crippen molar-refractivity contribution in [2.45, 2.75) is 59.8 Å². The van der Waals surface area contributed by atoms with Crippen molar-refractivity contribution in [1.82, 2.24) is 5.32 Å². The summed E-state index contributed by atoms with van der Waals surface area (Å²) in [5.41, 5.74) is 0.575. The SMILES string of the molecule is CCCCC(CC)(CC)CNCC. The first-order chi connectivity index (χ1) is 6.24. The van der Waals surface area contributed by atoms with Gasteiger partial charge in [-0.1, -0.05) is 40.5 Å². The molecule has 1 heteroatoms. The van der Waals surface area contributed by atoms with E-state index in [1.54, 1.807) is 0 Å². The topological polar surface area (TPSA) is 12.0 Å². The monoisotopic (exact) mass is 185 g/mol. The van der Waals surface area contributed by atoms with Gasteiger partial charge in [-0.25, -0.2) is 0 Å². The molecule has 0 aromatic heterocycles. The average molecular weight is 185 g/mol. The van der Waals surface area contributed by atoms with E-state index < -0.39 is 0 Å². The Labute approximate surface area is 84.3 Å². The minimum Gasteiger partial charge on any atom is -0.316 e. The van der Waals surface area contributed by atoms with Crippen molar-refractivity contribution in [2.75, 3.05) is 13.1 Å². The van der Waals surface area contributed by atoms with E-state index in [0.29, 0.717) is 5.41 Å². The zero-order valence-electron chi connectivity index (χ0n) is 9.95. The molecule has 0 heterocycles. The number of unbranched alkanes of at least 4 members (excludes halogenated alkanes) is 1. The zero-order chi connectivity index (χ0) is 10.2. The highest BCUT2D eigenvalue weighted by molar-refractivity contribution is 4.78. The van der Waals surface area contributed by atoms with Gasteiger partial charge in [-0.3, -0.25) is 0 Å². The van der Waals surface area contributed by atoms with E-state index in [9.17, 15) is 0 Å². The lowest BCUT2D eigenvalue weighted by molar-refractivity contribution is 0.223. The van der Waals surface area contributed by atoms with E-state index in [4.69, 9.17) is 0 Å². The van der Waals surface area contributed by atoms with Gasteiger partial charge in [-0.2, -0.15) is 0 Å². The van der Waals surface area contributed by atoms with Crippen molar-refractivity contribution in [2.24, 2.45) is 5.41 Å². The highest BCUT2D eigenvalue weighted by Gasteiger charge is 2.24. The van der Waals surface area contributed by atoms with Crippen molar-refractivity contribution in [3.63, 3.8) is 0 Å². The molecule has 0 aliphatic carbocycles. The summed E-state index contributed by atoms with van der Waals surface area (Å²) in [6, 6.07) is 0. The quantitative estimate of drug-likeness (QED) is 0.609. The van der Waals surface area contributed by atoms with Gasteiger partial charge in [-0.15, -0.1) is 0 Å². The first kappa shape index (κ1) is 13.0. The van der Waals surface area contributed by atoms with Crippen molar-refractivity contribution in [3.05, 3.63) is 0 Å². The first-order valence-electron chi connectivity index (χ1n) is 5.95. The minimum absolute atomic E-state index is 0.575. The maximum absolute atomic E-state index is 3.50. The predicted molar refractivity (Wildman–Crippen MR) is 61.1 cm³/mol. The molecule has 1 nitrogen and oxygen atoms in total. The molecule has 1 N–H and O–H groups in total. The molecule has 0 aromatic rings. The fourth-order valence-electron chi connectivity index (χ4n) is 1.88. The van der Waals surface area contributed by atoms with Crippen LogP contribution in [-0.2, 0) is 0 Å². The lowest BCUT2D eigenvalue weighted by Gasteiger charge is -2.32. The third-order valence-electron chi connectivity index (χ3n) is 3.31. The molecule has 80 valence electrons. The number of rotatable bonds is 8. The number of hydrogen-bond donors (Lipinski definition) is 1. The zero-order valence-corrected chi connectivity index (χ0v) is 9.95. The van der Waals surface area contributed by atoms with Gasteiger partial charge in [0.25, 0.3) is 0 Å². The molecular formula is C12H27N. The smallest absolute Gasteiger partial charge is 0.000749 e. The Bertz CT molecular complexity index is 95.7. The standard InChI is InChI=1S/C12H27N/c1-5-9-10-12(6-2,7-3)11-13-8-4/h13H,5-11H2,1-4H3. The van der Waals surface area contributed by atoms with Crippen molar-refractivity contribution in [1.29, 1.82) is 0 Å². The maximum atomic E-state index is 3.50. The molecule has 0 atom stereocenters. The lowest BCUT2D eigenvalue weighted by atomic mass is 9.78. The van der Waals surface area contributed by atoms with Crippen molar-refractivity contribution < 1.29 is 0 Å². The first-order valence-corrected chi connectivity index (χ1v) is 5.95. The maximum Gasteiger partial charge on any atom is 0.000749 e. The van der Waals surface area contributed by atoms with Crippen LogP contribution in [0.4, 0.5) is 0 Å². The molecule has 0 bridgehead atoms. The Morgan fingerprint density at radius 1 is 1.00 bits per heavy atom. The van der Waals surface area contributed by atoms with E-state index >= 15 is 0 Å². The largest absolute Gasteiger partial charge is 0.316 e. The summed E-state index contributed by atoms with van der Waals surface area (Å²) in [5.74, 6) is 0. The van der Waals surface area contributed by atoms with Crippen molar-refractivity contribution in [3.8, 4) is 0 Å². The Kier molecular flexibility index (Phi) is 7.35. The summed E-state index contributed by atoms with van der Waals surface area (Å²) < 4.78 is 0. The summed E-state index contributed by atoms with van der Waals surface area (Å²) in [6.45, 7) is 11.4. The molecule has 13 heavy (non-hydrogen) atoms. The van der Waals surface area contributed by atoms with Crippen LogP contribution in [0.15, 0.2) is 0 Å². The van der Waals surface area contributed by atoms with Crippen LogP contribution < -0.4 is 5.32 Å². The third kappa shape index (κ3) is 4.66. The normalized spacial score (nSPS) is 12.0. The summed E-state index contributed by atoms with van der Waals surface area (Å²) in [6.07, 6.45) is 6.73. The summed E-state index contributed by atoms with van der Waals surface area (Å²) in [7, 11) is 0. The van der Waals surface area contributed by atoms with Gasteiger partial charge in [0, 0.05) is 6.54 Å². The predicted octanol–water partition coefficient (Wildman–Crippen LogP) is 3.59. The molecule has 0 saturated carbocycles. The average Bonchev–Trinajstić information content (AvgIpc) is 2.20. The van der Waals surface area contributed by atoms with E-state index in [1.165, 1.54) is 38.6 Å². The molecular weight excluding hydrogens is 158 g/mol. The van der Waals surface area contributed by atoms with Gasteiger partial charge < -0.3 is 5.32 Å². The van der Waals surface area contributed by atoms with E-state index in [0.717, 1.165) is 6.54 Å². The Balaban J connectivity index is 3.97. The highest BCUT2D eigenvalue weighted by atomic mass is 14.9. The van der Waals surface area contributed by atoms with Crippen LogP contribution in [0.2, 0.25) is 0 Å².